The molecule has 0 aromatic heterocycles. The van der Waals surface area contributed by atoms with Crippen molar-refractivity contribution in [2.75, 3.05) is 0 Å². The summed E-state index contributed by atoms with van der Waals surface area (Å²) in [7, 11) is 0. The van der Waals surface area contributed by atoms with Gasteiger partial charge in [0.1, 0.15) is 0 Å². The average molecular weight is 361 g/mol. The van der Waals surface area contributed by atoms with E-state index in [1.54, 1.807) is 5.32 Å². The highest BCUT2D eigenvalue weighted by molar-refractivity contribution is 6.09. The van der Waals surface area contributed by atoms with Crippen LogP contribution in [0.5, 0.6) is 0 Å². The first-order chi connectivity index (χ1) is 11.8. The first-order valence-corrected chi connectivity index (χ1v) is 8.81. The lowest BCUT2D eigenvalue weighted by Gasteiger charge is -2.32. The third-order valence-corrected chi connectivity index (χ3v) is 5.45. The van der Waals surface area contributed by atoms with Crippen molar-refractivity contribution in [2.24, 2.45) is 5.92 Å². The van der Waals surface area contributed by atoms with E-state index < -0.39 is 41.6 Å². The van der Waals surface area contributed by atoms with E-state index in [1.165, 1.54) is 0 Å². The number of nitrogens with zero attached hydrogens (tertiary/aromatic N) is 1. The summed E-state index contributed by atoms with van der Waals surface area (Å²) in [5, 5.41) is 3.58. The predicted octanol–water partition coefficient (Wildman–Crippen LogP) is 2.44. The largest absolute Gasteiger partial charge is 0.440 e. The minimum absolute atomic E-state index is 0.490. The normalized spacial score (nSPS) is 29.2. The zero-order valence-corrected chi connectivity index (χ0v) is 13.8. The molecule has 3 fully saturated rings. The third-order valence-electron chi connectivity index (χ3n) is 5.45. The van der Waals surface area contributed by atoms with Gasteiger partial charge in [0, 0.05) is 12.0 Å². The van der Waals surface area contributed by atoms with Gasteiger partial charge in [-0.2, -0.15) is 13.2 Å². The van der Waals surface area contributed by atoms with Crippen molar-refractivity contribution >= 4 is 17.8 Å². The maximum absolute atomic E-state index is 13.8. The molecule has 1 atom stereocenters. The topological polar surface area (TPSA) is 78.5 Å². The molecule has 1 heterocycles. The molecule has 9 heteroatoms. The van der Waals surface area contributed by atoms with Crippen LogP contribution >= 0.6 is 0 Å². The van der Waals surface area contributed by atoms with Crippen molar-refractivity contribution < 1.29 is 27.6 Å². The summed E-state index contributed by atoms with van der Waals surface area (Å²) >= 11 is 0. The summed E-state index contributed by atoms with van der Waals surface area (Å²) in [4.78, 5) is 37.7. The monoisotopic (exact) mass is 361 g/mol. The Hall–Kier alpha value is -1.80. The molecule has 0 radical (unpaired) electrons. The maximum Gasteiger partial charge on any atom is 0.440 e. The minimum Gasteiger partial charge on any atom is -0.318 e. The zero-order valence-electron chi connectivity index (χ0n) is 13.8. The Morgan fingerprint density at radius 3 is 2.16 bits per heavy atom. The lowest BCUT2D eigenvalue weighted by molar-refractivity contribution is -0.205. The lowest BCUT2D eigenvalue weighted by Crippen LogP contribution is -2.70. The van der Waals surface area contributed by atoms with E-state index in [0.29, 0.717) is 30.6 Å². The molecule has 0 unspecified atom stereocenters. The fraction of sp³-hybridized carbons (Fsp3) is 0.812. The third kappa shape index (κ3) is 3.08. The Labute approximate surface area is 143 Å². The highest BCUT2D eigenvalue weighted by atomic mass is 19.4. The van der Waals surface area contributed by atoms with Crippen molar-refractivity contribution in [3.63, 3.8) is 0 Å². The highest BCUT2D eigenvalue weighted by Crippen LogP contribution is 2.37. The molecule has 4 amide bonds. The van der Waals surface area contributed by atoms with Crippen LogP contribution in [0.25, 0.3) is 0 Å². The van der Waals surface area contributed by atoms with Crippen molar-refractivity contribution in [1.29, 1.82) is 0 Å². The SMILES string of the molecule is O=C(N[C@]1(C(F)(F)F)NC(=O)N(C2CCCC2)C1=O)C1CCCCC1. The first kappa shape index (κ1) is 18.0. The number of carbonyl (C=O) groups is 3. The van der Waals surface area contributed by atoms with Crippen molar-refractivity contribution in [3.05, 3.63) is 0 Å². The summed E-state index contributed by atoms with van der Waals surface area (Å²) in [5.74, 6) is -2.79. The van der Waals surface area contributed by atoms with Gasteiger partial charge in [0.15, 0.2) is 0 Å². The Morgan fingerprint density at radius 1 is 1.04 bits per heavy atom. The highest BCUT2D eigenvalue weighted by Gasteiger charge is 2.69. The fourth-order valence-electron chi connectivity index (χ4n) is 4.04. The summed E-state index contributed by atoms with van der Waals surface area (Å²) in [6.45, 7) is 0. The standard InChI is InChI=1S/C16H22F3N3O3/c17-16(18,19)15(20-12(23)10-6-2-1-3-7-10)13(24)22(14(25)21-15)11-8-4-5-9-11/h10-11H,1-9H2,(H,20,23)(H,21,25)/t15-/m0/s1. The number of urea groups is 1. The number of rotatable bonds is 3. The van der Waals surface area contributed by atoms with Crippen LogP contribution in [0.3, 0.4) is 0 Å². The average Bonchev–Trinajstić information content (AvgIpc) is 3.15. The van der Waals surface area contributed by atoms with Crippen LogP contribution in [0.1, 0.15) is 57.8 Å². The van der Waals surface area contributed by atoms with Gasteiger partial charge in [-0.05, 0) is 25.7 Å². The molecular weight excluding hydrogens is 339 g/mol. The second kappa shape index (κ2) is 6.49. The summed E-state index contributed by atoms with van der Waals surface area (Å²) in [6.07, 6.45) is 0.855. The second-order valence-corrected chi connectivity index (χ2v) is 7.12. The van der Waals surface area contributed by atoms with Gasteiger partial charge in [-0.1, -0.05) is 32.1 Å². The van der Waals surface area contributed by atoms with Crippen LogP contribution < -0.4 is 10.6 Å². The van der Waals surface area contributed by atoms with Crippen LogP contribution in [-0.2, 0) is 9.59 Å². The number of hydrogen-bond acceptors (Lipinski definition) is 3. The number of halogens is 3. The first-order valence-electron chi connectivity index (χ1n) is 8.81. The van der Waals surface area contributed by atoms with Gasteiger partial charge in [-0.15, -0.1) is 0 Å². The molecule has 3 aliphatic rings. The van der Waals surface area contributed by atoms with Gasteiger partial charge < -0.3 is 5.32 Å². The lowest BCUT2D eigenvalue weighted by atomic mass is 9.88. The Bertz CT molecular complexity index is 569. The number of carbonyl (C=O) groups excluding carboxylic acids is 3. The quantitative estimate of drug-likeness (QED) is 0.758. The van der Waals surface area contributed by atoms with Crippen LogP contribution in [0.15, 0.2) is 0 Å². The van der Waals surface area contributed by atoms with E-state index in [4.69, 9.17) is 0 Å². The fourth-order valence-corrected chi connectivity index (χ4v) is 4.04. The number of hydrogen-bond donors (Lipinski definition) is 2. The van der Waals surface area contributed by atoms with Crippen LogP contribution in [0, 0.1) is 5.92 Å². The molecule has 25 heavy (non-hydrogen) atoms. The molecule has 6 nitrogen and oxygen atoms in total. The molecule has 0 aromatic carbocycles. The molecule has 0 bridgehead atoms. The summed E-state index contributed by atoms with van der Waals surface area (Å²) in [5.41, 5.74) is -3.35. The molecule has 0 spiro atoms. The molecule has 140 valence electrons. The van der Waals surface area contributed by atoms with Crippen LogP contribution in [0.2, 0.25) is 0 Å². The van der Waals surface area contributed by atoms with E-state index in [0.717, 1.165) is 32.1 Å². The smallest absolute Gasteiger partial charge is 0.318 e. The second-order valence-electron chi connectivity index (χ2n) is 7.12. The van der Waals surface area contributed by atoms with Crippen LogP contribution in [-0.4, -0.2) is 40.6 Å². The molecule has 2 N–H and O–H groups in total. The zero-order chi connectivity index (χ0) is 18.2. The van der Waals surface area contributed by atoms with E-state index in [1.807, 2.05) is 5.32 Å². The van der Waals surface area contributed by atoms with Crippen molar-refractivity contribution in [1.82, 2.24) is 15.5 Å². The maximum atomic E-state index is 13.8. The Kier molecular flexibility index (Phi) is 4.68. The van der Waals surface area contributed by atoms with Crippen LogP contribution in [0.4, 0.5) is 18.0 Å². The molecule has 2 saturated carbocycles. The van der Waals surface area contributed by atoms with Crippen molar-refractivity contribution in [2.45, 2.75) is 75.7 Å². The van der Waals surface area contributed by atoms with Crippen molar-refractivity contribution in [3.8, 4) is 0 Å². The van der Waals surface area contributed by atoms with Gasteiger partial charge in [0.05, 0.1) is 0 Å². The van der Waals surface area contributed by atoms with E-state index in [9.17, 15) is 27.6 Å². The van der Waals surface area contributed by atoms with E-state index in [-0.39, 0.29) is 0 Å². The molecule has 1 saturated heterocycles. The minimum atomic E-state index is -5.11. The summed E-state index contributed by atoms with van der Waals surface area (Å²) in [6, 6.07) is -1.62. The summed E-state index contributed by atoms with van der Waals surface area (Å²) < 4.78 is 41.3. The molecule has 1 aliphatic heterocycles. The molecule has 0 aromatic rings. The Morgan fingerprint density at radius 2 is 1.60 bits per heavy atom. The van der Waals surface area contributed by atoms with E-state index in [2.05, 4.69) is 0 Å². The van der Waals surface area contributed by atoms with E-state index >= 15 is 0 Å². The number of nitrogens with one attached hydrogen (secondary N) is 2. The number of imide groups is 1. The predicted molar refractivity (Wildman–Crippen MR) is 81.1 cm³/mol. The van der Waals surface area contributed by atoms with Gasteiger partial charge in [-0.3, -0.25) is 19.8 Å². The van der Waals surface area contributed by atoms with Gasteiger partial charge in [-0.25, -0.2) is 4.79 Å². The Balaban J connectivity index is 1.85. The van der Waals surface area contributed by atoms with Gasteiger partial charge in [0.2, 0.25) is 5.91 Å². The molecular formula is C16H22F3N3O3. The molecule has 3 rings (SSSR count). The van der Waals surface area contributed by atoms with Gasteiger partial charge in [0.25, 0.3) is 11.6 Å². The number of amides is 4. The van der Waals surface area contributed by atoms with Gasteiger partial charge >= 0.3 is 12.2 Å². The number of alkyl halides is 3. The molecule has 2 aliphatic carbocycles.